The van der Waals surface area contributed by atoms with Crippen LogP contribution < -0.4 is 5.32 Å². The Morgan fingerprint density at radius 2 is 1.92 bits per heavy atom. The summed E-state index contributed by atoms with van der Waals surface area (Å²) in [7, 11) is 0. The molecule has 2 aromatic rings. The van der Waals surface area contributed by atoms with Crippen LogP contribution in [0, 0.1) is 17.3 Å². The molecule has 2 aliphatic rings. The quantitative estimate of drug-likeness (QED) is 0.696. The van der Waals surface area contributed by atoms with Gasteiger partial charge in [0.1, 0.15) is 5.52 Å². The van der Waals surface area contributed by atoms with Crippen molar-refractivity contribution < 1.29 is 0 Å². The fourth-order valence-corrected chi connectivity index (χ4v) is 4.48. The molecule has 2 aromatic heterocycles. The van der Waals surface area contributed by atoms with Gasteiger partial charge in [0.05, 0.1) is 6.33 Å². The smallest absolute Gasteiger partial charge is 0.226 e. The highest BCUT2D eigenvalue weighted by Crippen LogP contribution is 2.39. The van der Waals surface area contributed by atoms with Crippen LogP contribution in [-0.2, 0) is 6.54 Å². The van der Waals surface area contributed by atoms with Gasteiger partial charge in [0.2, 0.25) is 5.28 Å². The second kappa shape index (κ2) is 7.34. The molecule has 0 unspecified atom stereocenters. The summed E-state index contributed by atoms with van der Waals surface area (Å²) < 4.78 is 2.24. The van der Waals surface area contributed by atoms with E-state index in [0.717, 1.165) is 30.3 Å². The van der Waals surface area contributed by atoms with E-state index in [2.05, 4.69) is 38.7 Å². The van der Waals surface area contributed by atoms with E-state index in [1.807, 2.05) is 6.33 Å². The lowest BCUT2D eigenvalue weighted by Gasteiger charge is -2.34. The number of hydrogen-bond donors (Lipinski definition) is 1. The Bertz CT molecular complexity index is 755. The maximum Gasteiger partial charge on any atom is 0.226 e. The Morgan fingerprint density at radius 1 is 1.15 bits per heavy atom. The van der Waals surface area contributed by atoms with Gasteiger partial charge < -0.3 is 9.88 Å². The van der Waals surface area contributed by atoms with Gasteiger partial charge in [-0.25, -0.2) is 4.98 Å². The van der Waals surface area contributed by atoms with Crippen LogP contribution in [0.3, 0.4) is 0 Å². The number of nitrogens with one attached hydrogen (secondary N) is 1. The van der Waals surface area contributed by atoms with Crippen molar-refractivity contribution in [3.63, 3.8) is 0 Å². The maximum absolute atomic E-state index is 6.12. The predicted molar refractivity (Wildman–Crippen MR) is 107 cm³/mol. The molecule has 0 radical (unpaired) electrons. The molecular weight excluding hydrogens is 346 g/mol. The number of hydrogen-bond acceptors (Lipinski definition) is 4. The van der Waals surface area contributed by atoms with E-state index in [1.54, 1.807) is 0 Å². The van der Waals surface area contributed by atoms with Gasteiger partial charge in [-0.2, -0.15) is 9.97 Å². The van der Waals surface area contributed by atoms with Gasteiger partial charge in [0, 0.05) is 13.1 Å². The Hall–Kier alpha value is -1.36. The zero-order valence-electron chi connectivity index (χ0n) is 16.0. The molecule has 0 spiro atoms. The zero-order chi connectivity index (χ0) is 18.1. The van der Waals surface area contributed by atoms with Crippen molar-refractivity contribution in [2.24, 2.45) is 17.3 Å². The monoisotopic (exact) mass is 375 g/mol. The third kappa shape index (κ3) is 3.98. The molecule has 2 heterocycles. The lowest BCUT2D eigenvalue weighted by Crippen LogP contribution is -2.24. The van der Waals surface area contributed by atoms with Gasteiger partial charge in [-0.1, -0.05) is 33.1 Å². The molecule has 5 nitrogen and oxygen atoms in total. The van der Waals surface area contributed by atoms with Crippen LogP contribution >= 0.6 is 11.6 Å². The van der Waals surface area contributed by atoms with E-state index in [1.165, 1.54) is 51.4 Å². The third-order valence-electron chi connectivity index (χ3n) is 6.43. The van der Waals surface area contributed by atoms with Gasteiger partial charge >= 0.3 is 0 Å². The summed E-state index contributed by atoms with van der Waals surface area (Å²) in [4.78, 5) is 13.3. The molecule has 2 aliphatic carbocycles. The average Bonchev–Trinajstić information content (AvgIpc) is 2.94. The largest absolute Gasteiger partial charge is 0.368 e. The molecule has 0 atom stereocenters. The molecule has 142 valence electrons. The van der Waals surface area contributed by atoms with Crippen molar-refractivity contribution in [3.8, 4) is 0 Å². The van der Waals surface area contributed by atoms with E-state index in [0.29, 0.717) is 17.0 Å². The average molecular weight is 376 g/mol. The molecule has 2 saturated carbocycles. The van der Waals surface area contributed by atoms with E-state index in [-0.39, 0.29) is 5.28 Å². The fraction of sp³-hybridized carbons (Fsp3) is 0.750. The Balaban J connectivity index is 1.49. The summed E-state index contributed by atoms with van der Waals surface area (Å²) in [6.07, 6.45) is 12.4. The highest BCUT2D eigenvalue weighted by molar-refractivity contribution is 6.28. The molecule has 0 amide bonds. The molecule has 4 rings (SSSR count). The Kier molecular flexibility index (Phi) is 5.09. The van der Waals surface area contributed by atoms with E-state index in [4.69, 9.17) is 11.6 Å². The minimum atomic E-state index is 0.272. The number of fused-ring (bicyclic) bond motifs is 1. The molecule has 6 heteroatoms. The summed E-state index contributed by atoms with van der Waals surface area (Å²) in [5.41, 5.74) is 2.21. The van der Waals surface area contributed by atoms with Crippen LogP contribution in [0.1, 0.15) is 65.2 Å². The fourth-order valence-electron chi connectivity index (χ4n) is 4.31. The number of nitrogens with zero attached hydrogens (tertiary/aromatic N) is 4. The lowest BCUT2D eigenvalue weighted by molar-refractivity contribution is 0.180. The standard InChI is InChI=1S/C20H30ClN5/c1-20(2)9-6-15(7-10-20)12-26-13-23-18-16(26)17(24-19(21)25-18)22-11-8-14-4-3-5-14/h13-15H,3-12H2,1-2H3,(H,22,24,25). The maximum atomic E-state index is 6.12. The van der Waals surface area contributed by atoms with Crippen LogP contribution in [0.4, 0.5) is 5.82 Å². The molecule has 0 aromatic carbocycles. The number of imidazole rings is 1. The Labute approximate surface area is 161 Å². The van der Waals surface area contributed by atoms with Crippen LogP contribution in [0.25, 0.3) is 11.2 Å². The van der Waals surface area contributed by atoms with Crippen molar-refractivity contribution in [2.75, 3.05) is 11.9 Å². The van der Waals surface area contributed by atoms with Crippen LogP contribution in [0.2, 0.25) is 5.28 Å². The number of aromatic nitrogens is 4. The SMILES string of the molecule is CC1(C)CCC(Cn2cnc3nc(Cl)nc(NCCC4CCC4)c32)CC1. The van der Waals surface area contributed by atoms with E-state index < -0.39 is 0 Å². The number of anilines is 1. The van der Waals surface area contributed by atoms with Crippen LogP contribution in [0.15, 0.2) is 6.33 Å². The summed E-state index contributed by atoms with van der Waals surface area (Å²) in [6.45, 7) is 6.70. The van der Waals surface area contributed by atoms with Crippen molar-refractivity contribution in [3.05, 3.63) is 11.6 Å². The summed E-state index contributed by atoms with van der Waals surface area (Å²) >= 11 is 6.12. The van der Waals surface area contributed by atoms with Crippen molar-refractivity contribution in [1.82, 2.24) is 19.5 Å². The predicted octanol–water partition coefficient (Wildman–Crippen LogP) is 5.30. The van der Waals surface area contributed by atoms with Crippen molar-refractivity contribution in [1.29, 1.82) is 0 Å². The van der Waals surface area contributed by atoms with E-state index >= 15 is 0 Å². The minimum Gasteiger partial charge on any atom is -0.368 e. The number of rotatable bonds is 6. The third-order valence-corrected chi connectivity index (χ3v) is 6.60. The highest BCUT2D eigenvalue weighted by Gasteiger charge is 2.27. The van der Waals surface area contributed by atoms with Gasteiger partial charge in [0.15, 0.2) is 11.5 Å². The molecule has 0 aliphatic heterocycles. The molecule has 0 saturated heterocycles. The molecule has 26 heavy (non-hydrogen) atoms. The lowest BCUT2D eigenvalue weighted by atomic mass is 9.73. The molecule has 2 fully saturated rings. The topological polar surface area (TPSA) is 55.6 Å². The summed E-state index contributed by atoms with van der Waals surface area (Å²) in [5, 5.41) is 3.78. The van der Waals surface area contributed by atoms with E-state index in [9.17, 15) is 0 Å². The molecule has 0 bridgehead atoms. The second-order valence-corrected chi connectivity index (χ2v) is 9.37. The Morgan fingerprint density at radius 3 is 2.62 bits per heavy atom. The number of halogens is 1. The first-order chi connectivity index (χ1) is 12.5. The first-order valence-electron chi connectivity index (χ1n) is 10.1. The van der Waals surface area contributed by atoms with Crippen molar-refractivity contribution in [2.45, 2.75) is 71.8 Å². The van der Waals surface area contributed by atoms with Gasteiger partial charge in [-0.3, -0.25) is 0 Å². The first-order valence-corrected chi connectivity index (χ1v) is 10.5. The summed E-state index contributed by atoms with van der Waals surface area (Å²) in [5.74, 6) is 2.43. The minimum absolute atomic E-state index is 0.272. The second-order valence-electron chi connectivity index (χ2n) is 9.03. The normalized spacial score (nSPS) is 21.0. The zero-order valence-corrected chi connectivity index (χ0v) is 16.7. The highest BCUT2D eigenvalue weighted by atomic mass is 35.5. The van der Waals surface area contributed by atoms with Gasteiger partial charge in [0.25, 0.3) is 0 Å². The van der Waals surface area contributed by atoms with Crippen molar-refractivity contribution >= 4 is 28.6 Å². The molecule has 1 N–H and O–H groups in total. The van der Waals surface area contributed by atoms with Gasteiger partial charge in [-0.05, 0) is 61.0 Å². The van der Waals surface area contributed by atoms with Crippen LogP contribution in [0.5, 0.6) is 0 Å². The summed E-state index contributed by atoms with van der Waals surface area (Å²) in [6, 6.07) is 0. The first kappa shape index (κ1) is 18.0. The molecular formula is C20H30ClN5. The van der Waals surface area contributed by atoms with Gasteiger partial charge in [-0.15, -0.1) is 0 Å². The van der Waals surface area contributed by atoms with Crippen LogP contribution in [-0.4, -0.2) is 26.1 Å².